The van der Waals surface area contributed by atoms with Gasteiger partial charge in [-0.1, -0.05) is 30.8 Å². The first-order valence-corrected chi connectivity index (χ1v) is 11.6. The molecule has 1 aromatic carbocycles. The molecule has 4 heteroatoms. The fourth-order valence-corrected chi connectivity index (χ4v) is 5.78. The second kappa shape index (κ2) is 10.7. The predicted molar refractivity (Wildman–Crippen MR) is 111 cm³/mol. The standard InChI is InChI=1S/C21H30O2S2/c1-17-18-9-2-3-10-19(18)20(25-16-8-15-24-17)11-4-6-13-22-21-12-5-7-14-23-21/h2-3,9-10,20-21H,1,4-8,11-16H2. The van der Waals surface area contributed by atoms with Crippen molar-refractivity contribution in [3.8, 4) is 0 Å². The van der Waals surface area contributed by atoms with Gasteiger partial charge in [-0.05, 0) is 67.6 Å². The average molecular weight is 379 g/mol. The van der Waals surface area contributed by atoms with Crippen LogP contribution >= 0.6 is 23.5 Å². The number of fused-ring (bicyclic) bond motifs is 1. The van der Waals surface area contributed by atoms with E-state index in [1.165, 1.54) is 59.6 Å². The fourth-order valence-electron chi connectivity index (χ4n) is 3.41. The van der Waals surface area contributed by atoms with Crippen molar-refractivity contribution in [3.05, 3.63) is 42.0 Å². The first-order chi connectivity index (χ1) is 12.3. The lowest BCUT2D eigenvalue weighted by atomic mass is 10.0. The Hall–Kier alpha value is -0.420. The van der Waals surface area contributed by atoms with Gasteiger partial charge < -0.3 is 9.47 Å². The van der Waals surface area contributed by atoms with E-state index in [2.05, 4.69) is 42.6 Å². The van der Waals surface area contributed by atoms with Gasteiger partial charge >= 0.3 is 0 Å². The molecule has 0 amide bonds. The van der Waals surface area contributed by atoms with Gasteiger partial charge in [-0.3, -0.25) is 0 Å². The van der Waals surface area contributed by atoms with Crippen molar-refractivity contribution in [1.29, 1.82) is 0 Å². The molecule has 0 saturated carbocycles. The molecule has 2 nitrogen and oxygen atoms in total. The molecule has 0 aromatic heterocycles. The topological polar surface area (TPSA) is 18.5 Å². The lowest BCUT2D eigenvalue weighted by Crippen LogP contribution is -2.22. The molecule has 0 spiro atoms. The van der Waals surface area contributed by atoms with Gasteiger partial charge in [-0.25, -0.2) is 0 Å². The van der Waals surface area contributed by atoms with E-state index >= 15 is 0 Å². The van der Waals surface area contributed by atoms with E-state index in [0.717, 1.165) is 26.1 Å². The van der Waals surface area contributed by atoms with Crippen molar-refractivity contribution in [3.63, 3.8) is 0 Å². The second-order valence-corrected chi connectivity index (χ2v) is 9.23. The number of unbranched alkanes of at least 4 members (excludes halogenated alkanes) is 1. The van der Waals surface area contributed by atoms with Crippen LogP contribution < -0.4 is 0 Å². The van der Waals surface area contributed by atoms with Crippen molar-refractivity contribution in [2.24, 2.45) is 0 Å². The number of benzene rings is 1. The Kier molecular flexibility index (Phi) is 8.25. The molecule has 1 aromatic rings. The Morgan fingerprint density at radius 1 is 1.12 bits per heavy atom. The lowest BCUT2D eigenvalue weighted by molar-refractivity contribution is -0.162. The molecule has 1 fully saturated rings. The largest absolute Gasteiger partial charge is 0.353 e. The highest BCUT2D eigenvalue weighted by Gasteiger charge is 2.19. The van der Waals surface area contributed by atoms with Crippen LogP contribution in [0.15, 0.2) is 30.8 Å². The number of rotatable bonds is 6. The zero-order valence-electron chi connectivity index (χ0n) is 15.1. The molecule has 1 saturated heterocycles. The molecule has 0 N–H and O–H groups in total. The molecule has 0 aliphatic carbocycles. The highest BCUT2D eigenvalue weighted by atomic mass is 32.2. The quantitative estimate of drug-likeness (QED) is 0.542. The zero-order valence-corrected chi connectivity index (χ0v) is 16.7. The summed E-state index contributed by atoms with van der Waals surface area (Å²) in [6.45, 7) is 6.00. The minimum atomic E-state index is 0.0501. The Labute approximate surface area is 161 Å². The fraction of sp³-hybridized carbons (Fsp3) is 0.619. The number of hydrogen-bond acceptors (Lipinski definition) is 4. The van der Waals surface area contributed by atoms with Crippen molar-refractivity contribution in [2.75, 3.05) is 24.7 Å². The summed E-state index contributed by atoms with van der Waals surface area (Å²) in [5, 5.41) is 0.581. The number of thioether (sulfide) groups is 2. The predicted octanol–water partition coefficient (Wildman–Crippen LogP) is 6.28. The molecule has 0 bridgehead atoms. The minimum absolute atomic E-state index is 0.0501. The SMILES string of the molecule is C=C1SCCCSC(CCCCOC2CCCCO2)c2ccccc21. The molecular formula is C21H30O2S2. The van der Waals surface area contributed by atoms with Crippen molar-refractivity contribution >= 4 is 28.4 Å². The summed E-state index contributed by atoms with van der Waals surface area (Å²) in [5.74, 6) is 2.42. The van der Waals surface area contributed by atoms with Crippen molar-refractivity contribution < 1.29 is 9.47 Å². The van der Waals surface area contributed by atoms with Crippen LogP contribution in [0.3, 0.4) is 0 Å². The summed E-state index contributed by atoms with van der Waals surface area (Å²) in [6.07, 6.45) is 8.34. The van der Waals surface area contributed by atoms with E-state index < -0.39 is 0 Å². The van der Waals surface area contributed by atoms with Crippen molar-refractivity contribution in [2.45, 2.75) is 56.5 Å². The molecule has 25 heavy (non-hydrogen) atoms. The molecule has 3 rings (SSSR count). The first-order valence-electron chi connectivity index (χ1n) is 9.60. The molecule has 2 aliphatic heterocycles. The summed E-state index contributed by atoms with van der Waals surface area (Å²) >= 11 is 4.04. The van der Waals surface area contributed by atoms with Crippen LogP contribution in [0, 0.1) is 0 Å². The van der Waals surface area contributed by atoms with Crippen LogP contribution in [0.4, 0.5) is 0 Å². The molecule has 2 unspecified atom stereocenters. The number of ether oxygens (including phenoxy) is 2. The Morgan fingerprint density at radius 2 is 2.04 bits per heavy atom. The van der Waals surface area contributed by atoms with Crippen LogP contribution in [0.5, 0.6) is 0 Å². The highest BCUT2D eigenvalue weighted by molar-refractivity contribution is 8.08. The smallest absolute Gasteiger partial charge is 0.157 e. The van der Waals surface area contributed by atoms with Crippen LogP contribution in [0.2, 0.25) is 0 Å². The maximum absolute atomic E-state index is 5.88. The normalized spacial score (nSPS) is 24.9. The Morgan fingerprint density at radius 3 is 2.92 bits per heavy atom. The van der Waals surface area contributed by atoms with Crippen LogP contribution in [-0.4, -0.2) is 31.0 Å². The average Bonchev–Trinajstić information content (AvgIpc) is 2.73. The molecular weight excluding hydrogens is 348 g/mol. The van der Waals surface area contributed by atoms with Crippen molar-refractivity contribution in [1.82, 2.24) is 0 Å². The van der Waals surface area contributed by atoms with Gasteiger partial charge in [0.2, 0.25) is 0 Å². The van der Waals surface area contributed by atoms with Gasteiger partial charge in [0, 0.05) is 23.4 Å². The number of hydrogen-bond donors (Lipinski definition) is 0. The lowest BCUT2D eigenvalue weighted by Gasteiger charge is -2.23. The summed E-state index contributed by atoms with van der Waals surface area (Å²) in [6, 6.07) is 8.86. The Balaban J connectivity index is 1.50. The second-order valence-electron chi connectivity index (χ2n) is 6.73. The van der Waals surface area contributed by atoms with Gasteiger partial charge in [0.05, 0.1) is 0 Å². The van der Waals surface area contributed by atoms with E-state index in [-0.39, 0.29) is 6.29 Å². The van der Waals surface area contributed by atoms with E-state index in [4.69, 9.17) is 9.47 Å². The molecule has 2 heterocycles. The molecule has 2 aliphatic rings. The van der Waals surface area contributed by atoms with E-state index in [0.29, 0.717) is 5.25 Å². The summed E-state index contributed by atoms with van der Waals surface area (Å²) in [7, 11) is 0. The van der Waals surface area contributed by atoms with Crippen LogP contribution in [-0.2, 0) is 9.47 Å². The third kappa shape index (κ3) is 6.06. The van der Waals surface area contributed by atoms with E-state index in [1.54, 1.807) is 0 Å². The third-order valence-electron chi connectivity index (χ3n) is 4.79. The maximum atomic E-state index is 5.88. The van der Waals surface area contributed by atoms with E-state index in [1.807, 2.05) is 11.8 Å². The van der Waals surface area contributed by atoms with Crippen LogP contribution in [0.25, 0.3) is 4.91 Å². The van der Waals surface area contributed by atoms with E-state index in [9.17, 15) is 0 Å². The third-order valence-corrected chi connectivity index (χ3v) is 7.27. The van der Waals surface area contributed by atoms with Gasteiger partial charge in [-0.2, -0.15) is 11.8 Å². The first kappa shape index (κ1) is 19.3. The molecule has 138 valence electrons. The monoisotopic (exact) mass is 378 g/mol. The van der Waals surface area contributed by atoms with Gasteiger partial charge in [0.1, 0.15) is 0 Å². The summed E-state index contributed by atoms with van der Waals surface area (Å²) in [4.78, 5) is 1.24. The minimum Gasteiger partial charge on any atom is -0.353 e. The van der Waals surface area contributed by atoms with Crippen LogP contribution in [0.1, 0.15) is 61.3 Å². The summed E-state index contributed by atoms with van der Waals surface area (Å²) in [5.41, 5.74) is 2.84. The van der Waals surface area contributed by atoms with Gasteiger partial charge in [0.25, 0.3) is 0 Å². The molecule has 0 radical (unpaired) electrons. The van der Waals surface area contributed by atoms with Gasteiger partial charge in [-0.15, -0.1) is 11.8 Å². The maximum Gasteiger partial charge on any atom is 0.157 e. The highest BCUT2D eigenvalue weighted by Crippen LogP contribution is 2.41. The summed E-state index contributed by atoms with van der Waals surface area (Å²) < 4.78 is 11.5. The molecule has 2 atom stereocenters. The Bertz CT molecular complexity index is 540. The zero-order chi connectivity index (χ0) is 17.3. The van der Waals surface area contributed by atoms with Gasteiger partial charge in [0.15, 0.2) is 6.29 Å².